The van der Waals surface area contributed by atoms with Crippen LogP contribution in [0, 0.1) is 0 Å². The van der Waals surface area contributed by atoms with Gasteiger partial charge in [-0.1, -0.05) is 0 Å². The predicted molar refractivity (Wildman–Crippen MR) is 89.4 cm³/mol. The van der Waals surface area contributed by atoms with Crippen LogP contribution < -0.4 is 10.2 Å². The summed E-state index contributed by atoms with van der Waals surface area (Å²) >= 11 is 0. The fourth-order valence-electron chi connectivity index (χ4n) is 2.45. The molecule has 1 amide bonds. The molecule has 1 N–H and O–H groups in total. The molecule has 0 radical (unpaired) electrons. The van der Waals surface area contributed by atoms with Crippen LogP contribution in [0.1, 0.15) is 20.8 Å². The highest BCUT2D eigenvalue weighted by molar-refractivity contribution is 7.92. The fourth-order valence-corrected chi connectivity index (χ4v) is 2.90. The molecule has 1 aliphatic rings. The quantitative estimate of drug-likeness (QED) is 0.881. The number of morpholine rings is 1. The van der Waals surface area contributed by atoms with Gasteiger partial charge in [-0.05, 0) is 32.9 Å². The van der Waals surface area contributed by atoms with Gasteiger partial charge in [-0.15, -0.1) is 0 Å². The van der Waals surface area contributed by atoms with E-state index < -0.39 is 21.0 Å². The Balaban J connectivity index is 2.04. The van der Waals surface area contributed by atoms with E-state index in [1.54, 1.807) is 6.07 Å². The van der Waals surface area contributed by atoms with Crippen LogP contribution in [0.15, 0.2) is 18.3 Å². The standard InChI is InChI=1S/C15H23N3O4S/c1-10-8-18(9-11(2)22-10)14-6-5-13(7-16-14)17-15(19)12(3)23(4,20)21/h5-7,10-12H,8-9H2,1-4H3,(H,17,19)/t10-,11+,12-/m0/s1. The maximum Gasteiger partial charge on any atom is 0.242 e. The summed E-state index contributed by atoms with van der Waals surface area (Å²) in [6.45, 7) is 6.92. The maximum atomic E-state index is 11.9. The van der Waals surface area contributed by atoms with E-state index in [1.807, 2.05) is 19.9 Å². The first-order chi connectivity index (χ1) is 10.7. The van der Waals surface area contributed by atoms with Gasteiger partial charge in [0.25, 0.3) is 0 Å². The minimum atomic E-state index is -3.41. The Bertz CT molecular complexity index is 650. The average molecular weight is 341 g/mol. The molecule has 1 saturated heterocycles. The number of amides is 1. The minimum absolute atomic E-state index is 0.135. The number of rotatable bonds is 4. The number of ether oxygens (including phenoxy) is 1. The zero-order chi connectivity index (χ0) is 17.2. The highest BCUT2D eigenvalue weighted by Gasteiger charge is 2.25. The molecule has 1 aliphatic heterocycles. The Labute approximate surface area is 137 Å². The lowest BCUT2D eigenvalue weighted by atomic mass is 10.2. The third-order valence-corrected chi connectivity index (χ3v) is 5.27. The van der Waals surface area contributed by atoms with Crippen molar-refractivity contribution in [2.75, 3.05) is 29.6 Å². The van der Waals surface area contributed by atoms with Crippen LogP contribution in [-0.4, -0.2) is 56.1 Å². The summed E-state index contributed by atoms with van der Waals surface area (Å²) < 4.78 is 28.5. The highest BCUT2D eigenvalue weighted by Crippen LogP contribution is 2.19. The number of nitrogens with one attached hydrogen (secondary N) is 1. The zero-order valence-electron chi connectivity index (χ0n) is 13.8. The molecule has 2 heterocycles. The molecule has 7 nitrogen and oxygen atoms in total. The second kappa shape index (κ2) is 6.84. The number of carbonyl (C=O) groups is 1. The molecule has 23 heavy (non-hydrogen) atoms. The molecule has 8 heteroatoms. The Kier molecular flexibility index (Phi) is 5.26. The molecule has 0 aliphatic carbocycles. The lowest BCUT2D eigenvalue weighted by Gasteiger charge is -2.36. The van der Waals surface area contributed by atoms with Crippen LogP contribution in [0.5, 0.6) is 0 Å². The van der Waals surface area contributed by atoms with Crippen molar-refractivity contribution in [3.8, 4) is 0 Å². The normalized spacial score (nSPS) is 23.4. The van der Waals surface area contributed by atoms with Crippen LogP contribution in [0.25, 0.3) is 0 Å². The molecule has 0 spiro atoms. The van der Waals surface area contributed by atoms with Gasteiger partial charge in [0.1, 0.15) is 11.1 Å². The minimum Gasteiger partial charge on any atom is -0.372 e. The van der Waals surface area contributed by atoms with E-state index in [9.17, 15) is 13.2 Å². The van der Waals surface area contributed by atoms with E-state index in [0.29, 0.717) is 5.69 Å². The second-order valence-corrected chi connectivity index (χ2v) is 8.39. The largest absolute Gasteiger partial charge is 0.372 e. The zero-order valence-corrected chi connectivity index (χ0v) is 14.6. The molecule has 1 aromatic heterocycles. The molecule has 1 aromatic rings. The SMILES string of the molecule is C[C@@H]1CN(c2ccc(NC(=O)[C@H](C)S(C)(=O)=O)cn2)C[C@H](C)O1. The lowest BCUT2D eigenvalue weighted by Crippen LogP contribution is -2.45. The molecule has 0 unspecified atom stereocenters. The Morgan fingerprint density at radius 2 is 1.96 bits per heavy atom. The van der Waals surface area contributed by atoms with Crippen LogP contribution >= 0.6 is 0 Å². The summed E-state index contributed by atoms with van der Waals surface area (Å²) in [7, 11) is -3.41. The smallest absolute Gasteiger partial charge is 0.242 e. The Hall–Kier alpha value is -1.67. The van der Waals surface area contributed by atoms with E-state index in [4.69, 9.17) is 4.74 Å². The topological polar surface area (TPSA) is 88.6 Å². The number of pyridine rings is 1. The number of anilines is 2. The molecular weight excluding hydrogens is 318 g/mol. The van der Waals surface area contributed by atoms with Gasteiger partial charge in [-0.3, -0.25) is 4.79 Å². The molecule has 0 saturated carbocycles. The molecular formula is C15H23N3O4S. The molecule has 0 bridgehead atoms. The number of aromatic nitrogens is 1. The van der Waals surface area contributed by atoms with E-state index in [2.05, 4.69) is 15.2 Å². The first-order valence-electron chi connectivity index (χ1n) is 7.53. The van der Waals surface area contributed by atoms with Crippen molar-refractivity contribution < 1.29 is 17.9 Å². The highest BCUT2D eigenvalue weighted by atomic mass is 32.2. The Morgan fingerprint density at radius 1 is 1.35 bits per heavy atom. The molecule has 128 valence electrons. The van der Waals surface area contributed by atoms with Gasteiger partial charge in [0, 0.05) is 19.3 Å². The molecule has 1 fully saturated rings. The predicted octanol–water partition coefficient (Wildman–Crippen LogP) is 1.07. The fraction of sp³-hybridized carbons (Fsp3) is 0.600. The third kappa shape index (κ3) is 4.65. The summed E-state index contributed by atoms with van der Waals surface area (Å²) in [6, 6.07) is 3.53. The van der Waals surface area contributed by atoms with Gasteiger partial charge in [-0.2, -0.15) is 0 Å². The van der Waals surface area contributed by atoms with Gasteiger partial charge >= 0.3 is 0 Å². The summed E-state index contributed by atoms with van der Waals surface area (Å²) in [4.78, 5) is 18.4. The van der Waals surface area contributed by atoms with E-state index >= 15 is 0 Å². The maximum absolute atomic E-state index is 11.9. The monoisotopic (exact) mass is 341 g/mol. The van der Waals surface area contributed by atoms with Crippen molar-refractivity contribution >= 4 is 27.2 Å². The van der Waals surface area contributed by atoms with Crippen molar-refractivity contribution in [1.82, 2.24) is 4.98 Å². The second-order valence-electron chi connectivity index (χ2n) is 6.03. The van der Waals surface area contributed by atoms with E-state index in [0.717, 1.165) is 25.2 Å². The summed E-state index contributed by atoms with van der Waals surface area (Å²) in [5.41, 5.74) is 0.476. The first-order valence-corrected chi connectivity index (χ1v) is 9.48. The molecule has 2 rings (SSSR count). The van der Waals surface area contributed by atoms with Gasteiger partial charge in [0.2, 0.25) is 5.91 Å². The van der Waals surface area contributed by atoms with Crippen LogP contribution in [0.4, 0.5) is 11.5 Å². The number of hydrogen-bond acceptors (Lipinski definition) is 6. The van der Waals surface area contributed by atoms with Crippen LogP contribution in [0.2, 0.25) is 0 Å². The van der Waals surface area contributed by atoms with E-state index in [1.165, 1.54) is 13.1 Å². The van der Waals surface area contributed by atoms with Crippen molar-refractivity contribution in [2.45, 2.75) is 38.2 Å². The van der Waals surface area contributed by atoms with Crippen molar-refractivity contribution in [1.29, 1.82) is 0 Å². The number of nitrogens with zero attached hydrogens (tertiary/aromatic N) is 2. The Morgan fingerprint density at radius 3 is 2.43 bits per heavy atom. The van der Waals surface area contributed by atoms with Crippen LogP contribution in [-0.2, 0) is 19.4 Å². The summed E-state index contributed by atoms with van der Waals surface area (Å²) in [6.07, 6.45) is 2.85. The summed E-state index contributed by atoms with van der Waals surface area (Å²) in [5.74, 6) is 0.247. The number of carbonyl (C=O) groups excluding carboxylic acids is 1. The average Bonchev–Trinajstić information content (AvgIpc) is 2.45. The van der Waals surface area contributed by atoms with Gasteiger partial charge in [0.05, 0.1) is 24.1 Å². The number of hydrogen-bond donors (Lipinski definition) is 1. The molecule has 3 atom stereocenters. The molecule has 0 aromatic carbocycles. The van der Waals surface area contributed by atoms with Gasteiger partial charge < -0.3 is 15.0 Å². The van der Waals surface area contributed by atoms with Gasteiger partial charge in [-0.25, -0.2) is 13.4 Å². The summed E-state index contributed by atoms with van der Waals surface area (Å²) in [5, 5.41) is 1.48. The van der Waals surface area contributed by atoms with E-state index in [-0.39, 0.29) is 12.2 Å². The lowest BCUT2D eigenvalue weighted by molar-refractivity contribution is -0.115. The first kappa shape index (κ1) is 17.7. The van der Waals surface area contributed by atoms with Crippen molar-refractivity contribution in [3.63, 3.8) is 0 Å². The van der Waals surface area contributed by atoms with Crippen LogP contribution in [0.3, 0.4) is 0 Å². The third-order valence-electron chi connectivity index (χ3n) is 3.77. The van der Waals surface area contributed by atoms with Gasteiger partial charge in [0.15, 0.2) is 9.84 Å². The van der Waals surface area contributed by atoms with Crippen molar-refractivity contribution in [3.05, 3.63) is 18.3 Å². The van der Waals surface area contributed by atoms with Crippen molar-refractivity contribution in [2.24, 2.45) is 0 Å². The number of sulfone groups is 1.